The molecule has 1 saturated carbocycles. The van der Waals surface area contributed by atoms with E-state index in [1.165, 1.54) is 6.07 Å². The standard InChI is InChI=1S/C25H22Cl4N4O3/c1-23(2)24(3)6-7-25(23,21-20(24)30-16-9-13(27)14(28)10-17(16)31-21)22(35)33-32-19(34)11-36-18-5-4-12(26)8-15(18)29/h4-5,8-10H,6-7,11H2,1-3H3,(H,32,34)(H,33,35). The van der Waals surface area contributed by atoms with Gasteiger partial charge in [-0.1, -0.05) is 67.2 Å². The first-order valence-electron chi connectivity index (χ1n) is 11.3. The molecule has 2 atom stereocenters. The van der Waals surface area contributed by atoms with Crippen molar-refractivity contribution in [2.75, 3.05) is 6.61 Å². The van der Waals surface area contributed by atoms with Crippen LogP contribution in [0, 0.1) is 5.41 Å². The Morgan fingerprint density at radius 1 is 0.889 bits per heavy atom. The molecule has 2 aliphatic carbocycles. The molecule has 2 aromatic carbocycles. The van der Waals surface area contributed by atoms with Crippen LogP contribution in [-0.4, -0.2) is 28.4 Å². The molecule has 0 radical (unpaired) electrons. The lowest BCUT2D eigenvalue weighted by atomic mass is 9.63. The first kappa shape index (κ1) is 25.3. The number of fused-ring (bicyclic) bond motifs is 6. The van der Waals surface area contributed by atoms with Gasteiger partial charge in [0, 0.05) is 10.4 Å². The summed E-state index contributed by atoms with van der Waals surface area (Å²) in [6, 6.07) is 8.02. The largest absolute Gasteiger partial charge is 0.482 e. The molecule has 2 aliphatic rings. The highest BCUT2D eigenvalue weighted by Crippen LogP contribution is 2.70. The summed E-state index contributed by atoms with van der Waals surface area (Å²) in [5.74, 6) is -0.602. The van der Waals surface area contributed by atoms with Crippen LogP contribution in [0.5, 0.6) is 5.75 Å². The number of carbonyl (C=O) groups is 2. The lowest BCUT2D eigenvalue weighted by Gasteiger charge is -2.39. The monoisotopic (exact) mass is 566 g/mol. The number of hydrogen-bond acceptors (Lipinski definition) is 5. The SMILES string of the molecule is CC12CCC(C(=O)NNC(=O)COc3ccc(Cl)cc3Cl)(c3nc4cc(Cl)c(Cl)cc4nc31)C2(C)C. The molecule has 188 valence electrons. The fourth-order valence-electron chi connectivity index (χ4n) is 5.61. The molecule has 1 aromatic heterocycles. The number of hydrazine groups is 1. The third-order valence-electron chi connectivity index (χ3n) is 8.04. The molecule has 1 fully saturated rings. The van der Waals surface area contributed by atoms with E-state index in [2.05, 4.69) is 17.8 Å². The van der Waals surface area contributed by atoms with E-state index in [-0.39, 0.29) is 17.5 Å². The Hall–Kier alpha value is -2.32. The van der Waals surface area contributed by atoms with Gasteiger partial charge in [-0.3, -0.25) is 20.4 Å². The highest BCUT2D eigenvalue weighted by molar-refractivity contribution is 6.42. The number of nitrogens with one attached hydrogen (secondary N) is 2. The van der Waals surface area contributed by atoms with Crippen LogP contribution < -0.4 is 15.6 Å². The van der Waals surface area contributed by atoms with Gasteiger partial charge in [0.05, 0.1) is 37.5 Å². The molecule has 2 amide bonds. The van der Waals surface area contributed by atoms with Gasteiger partial charge in [-0.25, -0.2) is 9.97 Å². The summed E-state index contributed by atoms with van der Waals surface area (Å²) in [5, 5.41) is 1.48. The minimum Gasteiger partial charge on any atom is -0.482 e. The van der Waals surface area contributed by atoms with Crippen LogP contribution in [-0.2, 0) is 20.4 Å². The Labute approximate surface area is 227 Å². The van der Waals surface area contributed by atoms with Crippen molar-refractivity contribution in [2.45, 2.75) is 44.4 Å². The summed E-state index contributed by atoms with van der Waals surface area (Å²) in [6.07, 6.45) is 1.30. The summed E-state index contributed by atoms with van der Waals surface area (Å²) >= 11 is 24.4. The van der Waals surface area contributed by atoms with E-state index < -0.39 is 22.2 Å². The van der Waals surface area contributed by atoms with Crippen LogP contribution in [0.1, 0.15) is 45.0 Å². The number of halogens is 4. The normalized spacial score (nSPS) is 23.4. The van der Waals surface area contributed by atoms with Crippen LogP contribution in [0.4, 0.5) is 0 Å². The van der Waals surface area contributed by atoms with E-state index in [0.29, 0.717) is 44.0 Å². The van der Waals surface area contributed by atoms with E-state index >= 15 is 0 Å². The average molecular weight is 568 g/mol. The summed E-state index contributed by atoms with van der Waals surface area (Å²) in [5.41, 5.74) is 5.66. The van der Waals surface area contributed by atoms with Crippen molar-refractivity contribution < 1.29 is 14.3 Å². The van der Waals surface area contributed by atoms with Gasteiger partial charge in [0.1, 0.15) is 11.2 Å². The average Bonchev–Trinajstić information content (AvgIpc) is 3.11. The minimum absolute atomic E-state index is 0.278. The highest BCUT2D eigenvalue weighted by Gasteiger charge is 2.73. The first-order chi connectivity index (χ1) is 16.9. The fourth-order valence-corrected chi connectivity index (χ4v) is 6.38. The maximum Gasteiger partial charge on any atom is 0.276 e. The molecule has 2 N–H and O–H groups in total. The molecule has 0 spiro atoms. The second-order valence-corrected chi connectivity index (χ2v) is 11.6. The van der Waals surface area contributed by atoms with Gasteiger partial charge in [-0.05, 0) is 48.6 Å². The first-order valence-corrected chi connectivity index (χ1v) is 12.8. The van der Waals surface area contributed by atoms with Crippen LogP contribution >= 0.6 is 46.4 Å². The number of carbonyl (C=O) groups excluding carboxylic acids is 2. The smallest absolute Gasteiger partial charge is 0.276 e. The van der Waals surface area contributed by atoms with Crippen LogP contribution in [0.25, 0.3) is 11.0 Å². The van der Waals surface area contributed by atoms with Crippen molar-refractivity contribution in [3.8, 4) is 5.75 Å². The Morgan fingerprint density at radius 2 is 1.53 bits per heavy atom. The molecule has 3 aromatic rings. The molecular weight excluding hydrogens is 546 g/mol. The Balaban J connectivity index is 1.40. The topological polar surface area (TPSA) is 93.2 Å². The van der Waals surface area contributed by atoms with Gasteiger partial charge in [0.2, 0.25) is 0 Å². The fraction of sp³-hybridized carbons (Fsp3) is 0.360. The summed E-state index contributed by atoms with van der Waals surface area (Å²) in [6.45, 7) is 5.84. The van der Waals surface area contributed by atoms with Crippen molar-refractivity contribution >= 4 is 69.3 Å². The van der Waals surface area contributed by atoms with Gasteiger partial charge in [0.15, 0.2) is 6.61 Å². The van der Waals surface area contributed by atoms with Crippen molar-refractivity contribution in [3.05, 3.63) is 61.8 Å². The second-order valence-electron chi connectivity index (χ2n) is 9.90. The number of aromatic nitrogens is 2. The molecule has 2 bridgehead atoms. The number of nitrogens with zero attached hydrogens (tertiary/aromatic N) is 2. The van der Waals surface area contributed by atoms with Crippen molar-refractivity contribution in [2.24, 2.45) is 5.41 Å². The van der Waals surface area contributed by atoms with Gasteiger partial charge in [-0.15, -0.1) is 0 Å². The Morgan fingerprint density at radius 3 is 2.17 bits per heavy atom. The van der Waals surface area contributed by atoms with Gasteiger partial charge in [-0.2, -0.15) is 0 Å². The Kier molecular flexibility index (Phi) is 6.07. The third-order valence-corrected chi connectivity index (χ3v) is 9.29. The van der Waals surface area contributed by atoms with Gasteiger partial charge in [0.25, 0.3) is 11.8 Å². The summed E-state index contributed by atoms with van der Waals surface area (Å²) in [4.78, 5) is 36.0. The molecule has 0 saturated heterocycles. The van der Waals surface area contributed by atoms with E-state index in [9.17, 15) is 9.59 Å². The zero-order valence-electron chi connectivity index (χ0n) is 19.6. The van der Waals surface area contributed by atoms with E-state index in [1.807, 2.05) is 13.8 Å². The van der Waals surface area contributed by atoms with E-state index in [4.69, 9.17) is 61.1 Å². The second kappa shape index (κ2) is 8.62. The van der Waals surface area contributed by atoms with Crippen molar-refractivity contribution in [3.63, 3.8) is 0 Å². The predicted molar refractivity (Wildman–Crippen MR) is 140 cm³/mol. The zero-order valence-corrected chi connectivity index (χ0v) is 22.7. The number of rotatable bonds is 4. The summed E-state index contributed by atoms with van der Waals surface area (Å²) in [7, 11) is 0. The zero-order chi connectivity index (χ0) is 26.0. The van der Waals surface area contributed by atoms with E-state index in [1.54, 1.807) is 24.3 Å². The molecular formula is C25H22Cl4N4O3. The molecule has 7 nitrogen and oxygen atoms in total. The molecule has 11 heteroatoms. The molecule has 5 rings (SSSR count). The lowest BCUT2D eigenvalue weighted by molar-refractivity contribution is -0.135. The third kappa shape index (κ3) is 3.55. The van der Waals surface area contributed by atoms with E-state index in [0.717, 1.165) is 12.1 Å². The van der Waals surface area contributed by atoms with Crippen LogP contribution in [0.3, 0.4) is 0 Å². The van der Waals surface area contributed by atoms with Crippen LogP contribution in [0.15, 0.2) is 30.3 Å². The molecule has 36 heavy (non-hydrogen) atoms. The van der Waals surface area contributed by atoms with Crippen molar-refractivity contribution in [1.82, 2.24) is 20.8 Å². The van der Waals surface area contributed by atoms with Crippen molar-refractivity contribution in [1.29, 1.82) is 0 Å². The quantitative estimate of drug-likeness (QED) is 0.389. The molecule has 2 unspecified atom stereocenters. The Bertz CT molecular complexity index is 1450. The van der Waals surface area contributed by atoms with Crippen LogP contribution in [0.2, 0.25) is 20.1 Å². The number of amides is 2. The molecule has 0 aliphatic heterocycles. The summed E-state index contributed by atoms with van der Waals surface area (Å²) < 4.78 is 5.45. The number of ether oxygens (including phenoxy) is 1. The predicted octanol–water partition coefficient (Wildman–Crippen LogP) is 5.80. The number of hydrogen-bond donors (Lipinski definition) is 2. The lowest BCUT2D eigenvalue weighted by Crippen LogP contribution is -2.56. The number of benzene rings is 2. The van der Waals surface area contributed by atoms with Gasteiger partial charge < -0.3 is 4.74 Å². The highest BCUT2D eigenvalue weighted by atomic mass is 35.5. The minimum atomic E-state index is -1.00. The maximum absolute atomic E-state index is 13.8. The van der Waals surface area contributed by atoms with Gasteiger partial charge >= 0.3 is 0 Å². The molecule has 1 heterocycles. The maximum atomic E-state index is 13.8.